The van der Waals surface area contributed by atoms with Crippen molar-refractivity contribution in [3.8, 4) is 17.1 Å². The molecular formula is C29H27F2N9O. The molecule has 12 heteroatoms. The van der Waals surface area contributed by atoms with E-state index in [0.717, 1.165) is 49.9 Å². The summed E-state index contributed by atoms with van der Waals surface area (Å²) in [6.07, 6.45) is 5.03. The second-order valence-electron chi connectivity index (χ2n) is 9.80. The highest BCUT2D eigenvalue weighted by Gasteiger charge is 2.19. The molecule has 4 heterocycles. The number of allylic oxidation sites excluding steroid dienone is 1. The average Bonchev–Trinajstić information content (AvgIpc) is 3.24. The van der Waals surface area contributed by atoms with Crippen molar-refractivity contribution in [2.75, 3.05) is 43.4 Å². The Morgan fingerprint density at radius 2 is 1.66 bits per heavy atom. The van der Waals surface area contributed by atoms with Gasteiger partial charge in [0.1, 0.15) is 11.2 Å². The fourth-order valence-electron chi connectivity index (χ4n) is 4.87. The predicted octanol–water partition coefficient (Wildman–Crippen LogP) is 4.00. The van der Waals surface area contributed by atoms with Crippen LogP contribution in [0.5, 0.6) is 0 Å². The SMILES string of the molecule is C=CCn1c(=O)c2cnc(Nc3ccc(N4CCN(C)CC4)cc3)nc2n1-c1cc(F)cc(-c2ncc(F)cn2)c1. The molecule has 0 saturated carbocycles. The van der Waals surface area contributed by atoms with Crippen LogP contribution >= 0.6 is 0 Å². The van der Waals surface area contributed by atoms with E-state index >= 15 is 0 Å². The summed E-state index contributed by atoms with van der Waals surface area (Å²) in [5.41, 5.74) is 2.47. The summed E-state index contributed by atoms with van der Waals surface area (Å²) in [7, 11) is 2.12. The Balaban J connectivity index is 1.37. The summed E-state index contributed by atoms with van der Waals surface area (Å²) in [6, 6.07) is 12.1. The van der Waals surface area contributed by atoms with E-state index in [9.17, 15) is 13.6 Å². The fourth-order valence-corrected chi connectivity index (χ4v) is 4.87. The van der Waals surface area contributed by atoms with Gasteiger partial charge in [0.15, 0.2) is 17.3 Å². The largest absolute Gasteiger partial charge is 0.369 e. The number of aromatic nitrogens is 6. The van der Waals surface area contributed by atoms with Crippen LogP contribution < -0.4 is 15.8 Å². The molecule has 1 N–H and O–H groups in total. The predicted molar refractivity (Wildman–Crippen MR) is 154 cm³/mol. The first-order valence-corrected chi connectivity index (χ1v) is 13.1. The number of halogens is 2. The first-order chi connectivity index (χ1) is 19.9. The molecule has 10 nitrogen and oxygen atoms in total. The standard InChI is InChI=1S/C29H27F2N9O/c1-3-8-39-28(41)25-18-34-29(35-22-4-6-23(7-5-22)38-11-9-37(2)10-12-38)36-27(25)40(39)24-14-19(13-20(30)15-24)26-32-16-21(31)17-33-26/h3-7,13-18H,1,8-12H2,2H3,(H,34,35,36). The van der Waals surface area contributed by atoms with Crippen molar-refractivity contribution >= 4 is 28.4 Å². The molecule has 3 aromatic heterocycles. The minimum atomic E-state index is -0.604. The number of nitrogens with zero attached hydrogens (tertiary/aromatic N) is 8. The van der Waals surface area contributed by atoms with Gasteiger partial charge in [0.05, 0.1) is 24.6 Å². The molecule has 1 aliphatic rings. The number of piperazine rings is 1. The Bertz CT molecular complexity index is 1770. The molecule has 41 heavy (non-hydrogen) atoms. The maximum atomic E-state index is 14.9. The fraction of sp³-hybridized carbons (Fsp3) is 0.207. The smallest absolute Gasteiger partial charge is 0.278 e. The highest BCUT2D eigenvalue weighted by molar-refractivity contribution is 5.78. The summed E-state index contributed by atoms with van der Waals surface area (Å²) in [6.45, 7) is 7.87. The number of fused-ring (bicyclic) bond motifs is 1. The Morgan fingerprint density at radius 3 is 2.37 bits per heavy atom. The zero-order valence-corrected chi connectivity index (χ0v) is 22.3. The van der Waals surface area contributed by atoms with Crippen LogP contribution in [-0.4, -0.2) is 67.4 Å². The van der Waals surface area contributed by atoms with Crippen LogP contribution in [0.4, 0.5) is 26.1 Å². The van der Waals surface area contributed by atoms with Crippen molar-refractivity contribution in [3.63, 3.8) is 0 Å². The molecule has 0 radical (unpaired) electrons. The number of nitrogens with one attached hydrogen (secondary N) is 1. The van der Waals surface area contributed by atoms with Crippen LogP contribution in [0.3, 0.4) is 0 Å². The van der Waals surface area contributed by atoms with Gasteiger partial charge in [-0.3, -0.25) is 4.79 Å². The van der Waals surface area contributed by atoms with Gasteiger partial charge in [-0.2, -0.15) is 4.98 Å². The van der Waals surface area contributed by atoms with Gasteiger partial charge in [-0.1, -0.05) is 6.08 Å². The van der Waals surface area contributed by atoms with Gasteiger partial charge >= 0.3 is 0 Å². The van der Waals surface area contributed by atoms with Crippen LogP contribution in [0, 0.1) is 11.6 Å². The second kappa shape index (κ2) is 10.9. The van der Waals surface area contributed by atoms with Gasteiger partial charge in [0.2, 0.25) is 5.95 Å². The third-order valence-corrected chi connectivity index (χ3v) is 6.98. The number of anilines is 3. The van der Waals surface area contributed by atoms with Gasteiger partial charge in [-0.25, -0.2) is 33.1 Å². The summed E-state index contributed by atoms with van der Waals surface area (Å²) in [5, 5.41) is 3.46. The molecule has 0 atom stereocenters. The quantitative estimate of drug-likeness (QED) is 0.301. The zero-order chi connectivity index (χ0) is 28.5. The first kappa shape index (κ1) is 26.3. The average molecular weight is 556 g/mol. The highest BCUT2D eigenvalue weighted by Crippen LogP contribution is 2.25. The monoisotopic (exact) mass is 555 g/mol. The molecule has 1 aliphatic heterocycles. The van der Waals surface area contributed by atoms with E-state index in [1.807, 2.05) is 12.1 Å². The van der Waals surface area contributed by atoms with Crippen LogP contribution in [0.2, 0.25) is 0 Å². The van der Waals surface area contributed by atoms with E-state index in [0.29, 0.717) is 11.3 Å². The van der Waals surface area contributed by atoms with E-state index in [4.69, 9.17) is 0 Å². The number of benzene rings is 2. The lowest BCUT2D eigenvalue weighted by Gasteiger charge is -2.34. The lowest BCUT2D eigenvalue weighted by molar-refractivity contribution is 0.313. The van der Waals surface area contributed by atoms with Crippen molar-refractivity contribution in [1.29, 1.82) is 0 Å². The summed E-state index contributed by atoms with van der Waals surface area (Å²) in [5.74, 6) is -0.781. The van der Waals surface area contributed by atoms with Gasteiger partial charge in [-0.15, -0.1) is 6.58 Å². The van der Waals surface area contributed by atoms with E-state index in [1.165, 1.54) is 27.7 Å². The molecule has 0 bridgehead atoms. The maximum Gasteiger partial charge on any atom is 0.278 e. The zero-order valence-electron chi connectivity index (χ0n) is 22.3. The lowest BCUT2D eigenvalue weighted by atomic mass is 10.2. The molecule has 2 aromatic carbocycles. The van der Waals surface area contributed by atoms with Gasteiger partial charge in [-0.05, 0) is 49.5 Å². The molecular weight excluding hydrogens is 528 g/mol. The van der Waals surface area contributed by atoms with Crippen molar-refractivity contribution in [2.45, 2.75) is 6.54 Å². The Morgan fingerprint density at radius 1 is 0.927 bits per heavy atom. The van der Waals surface area contributed by atoms with E-state index < -0.39 is 11.6 Å². The molecule has 0 amide bonds. The van der Waals surface area contributed by atoms with E-state index in [-0.39, 0.29) is 34.9 Å². The Kier molecular flexibility index (Phi) is 6.98. The molecule has 1 saturated heterocycles. The lowest BCUT2D eigenvalue weighted by Crippen LogP contribution is -2.44. The summed E-state index contributed by atoms with van der Waals surface area (Å²) in [4.78, 5) is 34.9. The number of hydrogen-bond acceptors (Lipinski definition) is 8. The number of rotatable bonds is 7. The summed E-state index contributed by atoms with van der Waals surface area (Å²) >= 11 is 0. The first-order valence-electron chi connectivity index (χ1n) is 13.1. The summed E-state index contributed by atoms with van der Waals surface area (Å²) < 4.78 is 31.1. The topological polar surface area (TPSA) is 97.0 Å². The van der Waals surface area contributed by atoms with Gasteiger partial charge < -0.3 is 15.1 Å². The van der Waals surface area contributed by atoms with Crippen molar-refractivity contribution in [3.05, 3.63) is 95.7 Å². The number of hydrogen-bond donors (Lipinski definition) is 1. The van der Waals surface area contributed by atoms with Gasteiger partial charge in [0.25, 0.3) is 5.56 Å². The molecule has 5 aromatic rings. The minimum Gasteiger partial charge on any atom is -0.369 e. The van der Waals surface area contributed by atoms with Crippen molar-refractivity contribution in [1.82, 2.24) is 34.2 Å². The van der Waals surface area contributed by atoms with Crippen LogP contribution in [-0.2, 0) is 6.54 Å². The third-order valence-electron chi connectivity index (χ3n) is 6.98. The maximum absolute atomic E-state index is 14.9. The molecule has 0 unspecified atom stereocenters. The van der Waals surface area contributed by atoms with Crippen LogP contribution in [0.25, 0.3) is 28.1 Å². The van der Waals surface area contributed by atoms with E-state index in [1.54, 1.807) is 12.1 Å². The van der Waals surface area contributed by atoms with Gasteiger partial charge in [0, 0.05) is 49.3 Å². The van der Waals surface area contributed by atoms with Crippen LogP contribution in [0.15, 0.2) is 78.5 Å². The highest BCUT2D eigenvalue weighted by atomic mass is 19.1. The second-order valence-corrected chi connectivity index (χ2v) is 9.80. The molecule has 1 fully saturated rings. The van der Waals surface area contributed by atoms with E-state index in [2.05, 4.69) is 60.8 Å². The Hall–Kier alpha value is -4.97. The van der Waals surface area contributed by atoms with Crippen molar-refractivity contribution in [2.24, 2.45) is 0 Å². The van der Waals surface area contributed by atoms with Crippen LogP contribution in [0.1, 0.15) is 0 Å². The minimum absolute atomic E-state index is 0.137. The van der Waals surface area contributed by atoms with Crippen molar-refractivity contribution < 1.29 is 8.78 Å². The number of likely N-dealkylation sites (N-methyl/N-ethyl adjacent to an activating group) is 1. The normalized spacial score (nSPS) is 14.0. The molecule has 208 valence electrons. The molecule has 6 rings (SSSR count). The third kappa shape index (κ3) is 5.29. The Labute approximate surface area is 234 Å². The molecule has 0 aliphatic carbocycles. The molecule has 0 spiro atoms.